The molecule has 1 aromatic rings. The lowest BCUT2D eigenvalue weighted by atomic mass is 10.0. The summed E-state index contributed by atoms with van der Waals surface area (Å²) < 4.78 is 0. The third kappa shape index (κ3) is 3.69. The van der Waals surface area contributed by atoms with Crippen molar-refractivity contribution in [3.05, 3.63) is 33.8 Å². The lowest BCUT2D eigenvalue weighted by Gasteiger charge is -2.16. The third-order valence-corrected chi connectivity index (χ3v) is 4.34. The van der Waals surface area contributed by atoms with E-state index in [2.05, 4.69) is 4.90 Å². The van der Waals surface area contributed by atoms with Crippen molar-refractivity contribution in [1.82, 2.24) is 4.90 Å². The maximum atomic E-state index is 12.1. The number of rotatable bonds is 4. The van der Waals surface area contributed by atoms with Crippen LogP contribution in [0.15, 0.2) is 18.2 Å². The van der Waals surface area contributed by atoms with Crippen LogP contribution < -0.4 is 0 Å². The Bertz CT molecular complexity index is 477. The molecule has 0 aliphatic carbocycles. The molecule has 1 aliphatic rings. The molecule has 3 nitrogen and oxygen atoms in total. The molecular formula is C14H17Cl2NO2. The largest absolute Gasteiger partial charge is 0.393 e. The normalized spacial score (nSPS) is 21.6. The molecule has 0 saturated carbocycles. The molecule has 0 radical (unpaired) electrons. The van der Waals surface area contributed by atoms with E-state index in [9.17, 15) is 9.90 Å². The van der Waals surface area contributed by atoms with Crippen molar-refractivity contribution in [1.29, 1.82) is 0 Å². The minimum Gasteiger partial charge on any atom is -0.393 e. The topological polar surface area (TPSA) is 40.5 Å². The Kier molecular flexibility index (Phi) is 4.85. The molecule has 1 aliphatic heterocycles. The Labute approximate surface area is 123 Å². The van der Waals surface area contributed by atoms with E-state index in [1.54, 1.807) is 25.1 Å². The zero-order valence-corrected chi connectivity index (χ0v) is 12.3. The number of aliphatic hydroxyl groups excluding tert-OH is 1. The van der Waals surface area contributed by atoms with Crippen molar-refractivity contribution in [3.8, 4) is 0 Å². The number of carbonyl (C=O) groups is 1. The van der Waals surface area contributed by atoms with Crippen LogP contribution in [-0.4, -0.2) is 41.5 Å². The third-order valence-electron chi connectivity index (χ3n) is 3.60. The maximum Gasteiger partial charge on any atom is 0.176 e. The van der Waals surface area contributed by atoms with Crippen LogP contribution in [0.4, 0.5) is 0 Å². The predicted molar refractivity (Wildman–Crippen MR) is 77.0 cm³/mol. The van der Waals surface area contributed by atoms with Crippen LogP contribution in [0, 0.1) is 5.92 Å². The number of aliphatic hydroxyl groups is 1. The standard InChI is InChI=1S/C14H17Cl2NO2/c1-9(18)11-4-5-17(7-11)8-14(19)10-2-3-12(15)13(16)6-10/h2-3,6,9,11,18H,4-5,7-8H2,1H3. The highest BCUT2D eigenvalue weighted by atomic mass is 35.5. The van der Waals surface area contributed by atoms with Crippen molar-refractivity contribution < 1.29 is 9.90 Å². The van der Waals surface area contributed by atoms with Gasteiger partial charge in [0.15, 0.2) is 5.78 Å². The molecule has 0 spiro atoms. The summed E-state index contributed by atoms with van der Waals surface area (Å²) in [5.74, 6) is 0.298. The number of benzene rings is 1. The summed E-state index contributed by atoms with van der Waals surface area (Å²) in [5.41, 5.74) is 0.579. The van der Waals surface area contributed by atoms with Crippen molar-refractivity contribution in [2.45, 2.75) is 19.4 Å². The van der Waals surface area contributed by atoms with E-state index in [1.165, 1.54) is 0 Å². The number of Topliss-reactive ketones (excluding diaryl/α,β-unsaturated/α-hetero) is 1. The Hall–Kier alpha value is -0.610. The lowest BCUT2D eigenvalue weighted by Crippen LogP contribution is -2.29. The van der Waals surface area contributed by atoms with Gasteiger partial charge in [-0.1, -0.05) is 23.2 Å². The Morgan fingerprint density at radius 3 is 2.79 bits per heavy atom. The van der Waals surface area contributed by atoms with Gasteiger partial charge in [0.1, 0.15) is 0 Å². The highest BCUT2D eigenvalue weighted by Crippen LogP contribution is 2.24. The summed E-state index contributed by atoms with van der Waals surface area (Å²) in [7, 11) is 0. The Morgan fingerprint density at radius 2 is 2.21 bits per heavy atom. The number of nitrogens with zero attached hydrogens (tertiary/aromatic N) is 1. The van der Waals surface area contributed by atoms with E-state index < -0.39 is 0 Å². The van der Waals surface area contributed by atoms with Crippen LogP contribution in [0.1, 0.15) is 23.7 Å². The quantitative estimate of drug-likeness (QED) is 0.870. The van der Waals surface area contributed by atoms with Crippen LogP contribution >= 0.6 is 23.2 Å². The molecule has 1 aromatic carbocycles. The SMILES string of the molecule is CC(O)C1CCN(CC(=O)c2ccc(Cl)c(Cl)c2)C1. The number of carbonyl (C=O) groups excluding carboxylic acids is 1. The molecule has 1 fully saturated rings. The first kappa shape index (κ1) is 14.8. The molecule has 19 heavy (non-hydrogen) atoms. The molecule has 0 bridgehead atoms. The molecule has 2 unspecified atom stereocenters. The zero-order chi connectivity index (χ0) is 14.0. The second-order valence-electron chi connectivity index (χ2n) is 5.08. The molecule has 2 atom stereocenters. The van der Waals surface area contributed by atoms with E-state index in [0.29, 0.717) is 22.2 Å². The number of hydrogen-bond acceptors (Lipinski definition) is 3. The molecule has 5 heteroatoms. The summed E-state index contributed by atoms with van der Waals surface area (Å²) in [4.78, 5) is 14.2. The fourth-order valence-corrected chi connectivity index (χ4v) is 2.66. The van der Waals surface area contributed by atoms with Crippen LogP contribution in [0.5, 0.6) is 0 Å². The maximum absolute atomic E-state index is 12.1. The van der Waals surface area contributed by atoms with Gasteiger partial charge in [0, 0.05) is 12.1 Å². The first-order chi connectivity index (χ1) is 8.97. The Balaban J connectivity index is 1.96. The van der Waals surface area contributed by atoms with Gasteiger partial charge in [0.2, 0.25) is 0 Å². The van der Waals surface area contributed by atoms with Gasteiger partial charge in [-0.05, 0) is 44.0 Å². The van der Waals surface area contributed by atoms with E-state index >= 15 is 0 Å². The predicted octanol–water partition coefficient (Wildman–Crippen LogP) is 2.88. The summed E-state index contributed by atoms with van der Waals surface area (Å²) >= 11 is 11.7. The van der Waals surface area contributed by atoms with E-state index in [-0.39, 0.29) is 17.8 Å². The monoisotopic (exact) mass is 301 g/mol. The number of likely N-dealkylation sites (tertiary alicyclic amines) is 1. The molecule has 0 amide bonds. The van der Waals surface area contributed by atoms with E-state index in [4.69, 9.17) is 23.2 Å². The lowest BCUT2D eigenvalue weighted by molar-refractivity contribution is 0.0925. The number of hydrogen-bond donors (Lipinski definition) is 1. The van der Waals surface area contributed by atoms with Gasteiger partial charge in [-0.25, -0.2) is 0 Å². The summed E-state index contributed by atoms with van der Waals surface area (Å²) in [6, 6.07) is 4.94. The molecule has 104 valence electrons. The van der Waals surface area contributed by atoms with Crippen molar-refractivity contribution in [2.75, 3.05) is 19.6 Å². The average Bonchev–Trinajstić information content (AvgIpc) is 2.81. The molecule has 1 N–H and O–H groups in total. The van der Waals surface area contributed by atoms with Crippen LogP contribution in [-0.2, 0) is 0 Å². The van der Waals surface area contributed by atoms with Crippen molar-refractivity contribution in [3.63, 3.8) is 0 Å². The van der Waals surface area contributed by atoms with Gasteiger partial charge in [-0.2, -0.15) is 0 Å². The summed E-state index contributed by atoms with van der Waals surface area (Å²) in [5, 5.41) is 10.4. The van der Waals surface area contributed by atoms with Gasteiger partial charge >= 0.3 is 0 Å². The number of ketones is 1. The van der Waals surface area contributed by atoms with Gasteiger partial charge < -0.3 is 5.11 Å². The number of halogens is 2. The van der Waals surface area contributed by atoms with Gasteiger partial charge in [0.25, 0.3) is 0 Å². The van der Waals surface area contributed by atoms with Gasteiger partial charge in [0.05, 0.1) is 22.7 Å². The second kappa shape index (κ2) is 6.23. The molecular weight excluding hydrogens is 285 g/mol. The van der Waals surface area contributed by atoms with Crippen molar-refractivity contribution >= 4 is 29.0 Å². The minimum absolute atomic E-state index is 0.0322. The fraction of sp³-hybridized carbons (Fsp3) is 0.500. The fourth-order valence-electron chi connectivity index (χ4n) is 2.36. The van der Waals surface area contributed by atoms with E-state index in [0.717, 1.165) is 19.5 Å². The van der Waals surface area contributed by atoms with Crippen LogP contribution in [0.25, 0.3) is 0 Å². The highest BCUT2D eigenvalue weighted by Gasteiger charge is 2.27. The van der Waals surface area contributed by atoms with Crippen LogP contribution in [0.2, 0.25) is 10.0 Å². The Morgan fingerprint density at radius 1 is 1.47 bits per heavy atom. The molecule has 1 heterocycles. The summed E-state index contributed by atoms with van der Waals surface area (Å²) in [6.45, 7) is 3.78. The zero-order valence-electron chi connectivity index (χ0n) is 10.8. The highest BCUT2D eigenvalue weighted by molar-refractivity contribution is 6.42. The van der Waals surface area contributed by atoms with E-state index in [1.807, 2.05) is 0 Å². The smallest absolute Gasteiger partial charge is 0.176 e. The molecule has 0 aromatic heterocycles. The average molecular weight is 302 g/mol. The molecule has 1 saturated heterocycles. The van der Waals surface area contributed by atoms with Gasteiger partial charge in [-0.3, -0.25) is 9.69 Å². The van der Waals surface area contributed by atoms with Crippen LogP contribution in [0.3, 0.4) is 0 Å². The minimum atomic E-state index is -0.315. The molecule has 2 rings (SSSR count). The first-order valence-corrected chi connectivity index (χ1v) is 7.11. The van der Waals surface area contributed by atoms with Crippen molar-refractivity contribution in [2.24, 2.45) is 5.92 Å². The second-order valence-corrected chi connectivity index (χ2v) is 5.89. The van der Waals surface area contributed by atoms with Gasteiger partial charge in [-0.15, -0.1) is 0 Å². The first-order valence-electron chi connectivity index (χ1n) is 6.36. The summed E-state index contributed by atoms with van der Waals surface area (Å²) in [6.07, 6.45) is 0.622.